The van der Waals surface area contributed by atoms with Gasteiger partial charge in [-0.2, -0.15) is 4.31 Å². The first-order valence-electron chi connectivity index (χ1n) is 9.02. The van der Waals surface area contributed by atoms with Gasteiger partial charge in [0.15, 0.2) is 0 Å². The molecule has 3 fully saturated rings. The van der Waals surface area contributed by atoms with Crippen molar-refractivity contribution >= 4 is 15.9 Å². The number of rotatable bonds is 5. The van der Waals surface area contributed by atoms with Gasteiger partial charge in [-0.3, -0.25) is 9.69 Å². The monoisotopic (exact) mass is 379 g/mol. The summed E-state index contributed by atoms with van der Waals surface area (Å²) in [7, 11) is -3.30. The molecule has 2 aliphatic heterocycles. The lowest BCUT2D eigenvalue weighted by Gasteiger charge is -2.44. The molecule has 0 aromatic heterocycles. The van der Waals surface area contributed by atoms with Crippen molar-refractivity contribution in [3.05, 3.63) is 0 Å². The largest absolute Gasteiger partial charge is 0.354 e. The Kier molecular flexibility index (Phi) is 5.37. The quantitative estimate of drug-likeness (QED) is 0.775. The number of nitrogens with one attached hydrogen (secondary N) is 1. The lowest BCUT2D eigenvalue weighted by atomic mass is 9.89. The van der Waals surface area contributed by atoms with Gasteiger partial charge in [-0.15, -0.1) is 0 Å². The smallest absolute Gasteiger partial charge is 0.262 e. The molecule has 2 saturated heterocycles. The number of carbonyl (C=O) groups is 1. The van der Waals surface area contributed by atoms with Crippen LogP contribution in [0.3, 0.4) is 0 Å². The van der Waals surface area contributed by atoms with Gasteiger partial charge in [0, 0.05) is 32.1 Å². The Balaban J connectivity index is 1.57. The number of likely N-dealkylation sites (tertiary alicyclic amines) is 1. The van der Waals surface area contributed by atoms with E-state index in [4.69, 9.17) is 0 Å². The second kappa shape index (κ2) is 7.08. The second-order valence-corrected chi connectivity index (χ2v) is 9.71. The van der Waals surface area contributed by atoms with Gasteiger partial charge in [-0.1, -0.05) is 19.3 Å². The molecule has 1 saturated carbocycles. The average Bonchev–Trinajstić information content (AvgIpc) is 2.78. The molecule has 0 spiro atoms. The Labute approximate surface area is 148 Å². The van der Waals surface area contributed by atoms with Crippen molar-refractivity contribution in [1.29, 1.82) is 0 Å². The van der Waals surface area contributed by atoms with E-state index in [9.17, 15) is 22.0 Å². The third kappa shape index (κ3) is 4.49. The van der Waals surface area contributed by atoms with Crippen molar-refractivity contribution in [2.45, 2.75) is 56.5 Å². The highest BCUT2D eigenvalue weighted by atomic mass is 32.2. The van der Waals surface area contributed by atoms with Gasteiger partial charge in [0.05, 0.1) is 18.8 Å². The van der Waals surface area contributed by atoms with Crippen LogP contribution in [-0.4, -0.2) is 74.0 Å². The van der Waals surface area contributed by atoms with E-state index in [1.165, 1.54) is 15.6 Å². The predicted molar refractivity (Wildman–Crippen MR) is 89.8 cm³/mol. The third-order valence-corrected chi connectivity index (χ3v) is 6.90. The molecule has 0 aromatic rings. The van der Waals surface area contributed by atoms with Gasteiger partial charge >= 0.3 is 0 Å². The number of sulfonamides is 1. The standard InChI is InChI=1S/C16H27F2N3O3S/c1-25(23,24)20-9-13(10-20)21-11-16(17,18)7-14(21)15(22)19-8-12-5-3-2-4-6-12/h12-14H,2-11H2,1H3,(H,19,22)/t14-/m0/s1. The molecular weight excluding hydrogens is 352 g/mol. The minimum absolute atomic E-state index is 0.182. The molecule has 25 heavy (non-hydrogen) atoms. The normalized spacial score (nSPS) is 29.5. The summed E-state index contributed by atoms with van der Waals surface area (Å²) in [6.07, 6.45) is 6.34. The lowest BCUT2D eigenvalue weighted by molar-refractivity contribution is -0.127. The molecule has 0 radical (unpaired) electrons. The molecule has 3 aliphatic rings. The molecular formula is C16H27F2N3O3S. The number of halogens is 2. The first-order chi connectivity index (χ1) is 11.7. The van der Waals surface area contributed by atoms with Crippen molar-refractivity contribution in [3.8, 4) is 0 Å². The van der Waals surface area contributed by atoms with E-state index in [-0.39, 0.29) is 25.0 Å². The molecule has 1 amide bonds. The van der Waals surface area contributed by atoms with E-state index >= 15 is 0 Å². The molecule has 9 heteroatoms. The van der Waals surface area contributed by atoms with Crippen molar-refractivity contribution in [3.63, 3.8) is 0 Å². The molecule has 3 rings (SSSR count). The van der Waals surface area contributed by atoms with Crippen LogP contribution < -0.4 is 5.32 Å². The first kappa shape index (κ1) is 19.0. The van der Waals surface area contributed by atoms with E-state index in [2.05, 4.69) is 5.32 Å². The fourth-order valence-electron chi connectivity index (χ4n) is 4.12. The maximum atomic E-state index is 13.9. The first-order valence-corrected chi connectivity index (χ1v) is 10.9. The van der Waals surface area contributed by atoms with E-state index in [0.29, 0.717) is 12.5 Å². The van der Waals surface area contributed by atoms with Crippen LogP contribution in [-0.2, 0) is 14.8 Å². The maximum absolute atomic E-state index is 13.9. The molecule has 6 nitrogen and oxygen atoms in total. The zero-order valence-electron chi connectivity index (χ0n) is 14.6. The van der Waals surface area contributed by atoms with Crippen LogP contribution in [0.2, 0.25) is 0 Å². The number of hydrogen-bond acceptors (Lipinski definition) is 4. The average molecular weight is 379 g/mol. The summed E-state index contributed by atoms with van der Waals surface area (Å²) >= 11 is 0. The molecule has 0 unspecified atom stereocenters. The van der Waals surface area contributed by atoms with Crippen LogP contribution in [0.5, 0.6) is 0 Å². The summed E-state index contributed by atoms with van der Waals surface area (Å²) in [5.41, 5.74) is 0. The molecule has 0 bridgehead atoms. The highest BCUT2D eigenvalue weighted by Gasteiger charge is 2.53. The van der Waals surface area contributed by atoms with Crippen LogP contribution in [0.25, 0.3) is 0 Å². The highest BCUT2D eigenvalue weighted by molar-refractivity contribution is 7.88. The van der Waals surface area contributed by atoms with Gasteiger partial charge < -0.3 is 5.32 Å². The summed E-state index contributed by atoms with van der Waals surface area (Å²) in [6.45, 7) is 0.439. The number of alkyl halides is 2. The third-order valence-electron chi connectivity index (χ3n) is 5.67. The predicted octanol–water partition coefficient (Wildman–Crippen LogP) is 1.04. The minimum Gasteiger partial charge on any atom is -0.354 e. The summed E-state index contributed by atoms with van der Waals surface area (Å²) in [4.78, 5) is 14.0. The molecule has 1 N–H and O–H groups in total. The zero-order chi connectivity index (χ0) is 18.2. The molecule has 2 heterocycles. The van der Waals surface area contributed by atoms with Crippen LogP contribution in [0.1, 0.15) is 38.5 Å². The Hall–Kier alpha value is -0.800. The van der Waals surface area contributed by atoms with Gasteiger partial charge in [-0.05, 0) is 18.8 Å². The Morgan fingerprint density at radius 1 is 1.20 bits per heavy atom. The molecule has 144 valence electrons. The number of amides is 1. The van der Waals surface area contributed by atoms with Crippen molar-refractivity contribution < 1.29 is 22.0 Å². The molecule has 0 aromatic carbocycles. The summed E-state index contributed by atoms with van der Waals surface area (Å²) in [5, 5.41) is 2.86. The summed E-state index contributed by atoms with van der Waals surface area (Å²) in [5.74, 6) is -2.81. The summed E-state index contributed by atoms with van der Waals surface area (Å²) in [6, 6.07) is -1.18. The summed E-state index contributed by atoms with van der Waals surface area (Å²) < 4.78 is 52.0. The zero-order valence-corrected chi connectivity index (χ0v) is 15.4. The maximum Gasteiger partial charge on any atom is 0.262 e. The van der Waals surface area contributed by atoms with E-state index < -0.39 is 35.0 Å². The molecule has 1 aliphatic carbocycles. The van der Waals surface area contributed by atoms with Crippen LogP contribution >= 0.6 is 0 Å². The highest BCUT2D eigenvalue weighted by Crippen LogP contribution is 2.36. The minimum atomic E-state index is -3.30. The van der Waals surface area contributed by atoms with Crippen molar-refractivity contribution in [1.82, 2.24) is 14.5 Å². The van der Waals surface area contributed by atoms with Gasteiger partial charge in [0.25, 0.3) is 5.92 Å². The van der Waals surface area contributed by atoms with Crippen molar-refractivity contribution in [2.75, 3.05) is 32.4 Å². The topological polar surface area (TPSA) is 69.7 Å². The second-order valence-electron chi connectivity index (χ2n) is 7.73. The van der Waals surface area contributed by atoms with Gasteiger partial charge in [-0.25, -0.2) is 17.2 Å². The van der Waals surface area contributed by atoms with Crippen LogP contribution in [0.15, 0.2) is 0 Å². The fraction of sp³-hybridized carbons (Fsp3) is 0.938. The fourth-order valence-corrected chi connectivity index (χ4v) is 5.01. The van der Waals surface area contributed by atoms with E-state index in [1.54, 1.807) is 0 Å². The van der Waals surface area contributed by atoms with Crippen molar-refractivity contribution in [2.24, 2.45) is 5.92 Å². The SMILES string of the molecule is CS(=O)(=O)N1CC(N2CC(F)(F)C[C@H]2C(=O)NCC2CCCCC2)C1. The Morgan fingerprint density at radius 3 is 2.44 bits per heavy atom. The number of hydrogen-bond donors (Lipinski definition) is 1. The van der Waals surface area contributed by atoms with Crippen LogP contribution in [0, 0.1) is 5.92 Å². The molecule has 1 atom stereocenters. The van der Waals surface area contributed by atoms with Gasteiger partial charge in [0.1, 0.15) is 0 Å². The Bertz CT molecular complexity index is 602. The number of nitrogens with zero attached hydrogens (tertiary/aromatic N) is 2. The van der Waals surface area contributed by atoms with E-state index in [1.807, 2.05) is 0 Å². The van der Waals surface area contributed by atoms with E-state index in [0.717, 1.165) is 31.9 Å². The van der Waals surface area contributed by atoms with Gasteiger partial charge in [0.2, 0.25) is 15.9 Å². The Morgan fingerprint density at radius 2 is 1.84 bits per heavy atom. The lowest BCUT2D eigenvalue weighted by Crippen LogP contribution is -2.63. The number of carbonyl (C=O) groups excluding carboxylic acids is 1. The van der Waals surface area contributed by atoms with Crippen LogP contribution in [0.4, 0.5) is 8.78 Å².